The summed E-state index contributed by atoms with van der Waals surface area (Å²) in [6, 6.07) is 2.21. The number of aryl methyl sites for hydroxylation is 2. The van der Waals surface area contributed by atoms with Crippen LogP contribution >= 0.6 is 0 Å². The third-order valence-corrected chi connectivity index (χ3v) is 4.69. The minimum absolute atomic E-state index is 0.0326. The van der Waals surface area contributed by atoms with Gasteiger partial charge in [-0.3, -0.25) is 9.58 Å². The Labute approximate surface area is 146 Å². The number of hydrogen-bond donors (Lipinski definition) is 1. The third kappa shape index (κ3) is 3.77. The van der Waals surface area contributed by atoms with Crippen LogP contribution in [0, 0.1) is 25.2 Å². The predicted molar refractivity (Wildman–Crippen MR) is 91.6 cm³/mol. The molecule has 2 atom stereocenters. The van der Waals surface area contributed by atoms with E-state index in [0.717, 1.165) is 16.8 Å². The second-order valence-electron chi connectivity index (χ2n) is 6.57. The predicted octanol–water partition coefficient (Wildman–Crippen LogP) is 1.72. The molecule has 1 aliphatic rings. The molecule has 0 aliphatic carbocycles. The van der Waals surface area contributed by atoms with Gasteiger partial charge < -0.3 is 5.32 Å². The van der Waals surface area contributed by atoms with Gasteiger partial charge in [0.05, 0.1) is 11.9 Å². The summed E-state index contributed by atoms with van der Waals surface area (Å²) >= 11 is 0. The quantitative estimate of drug-likeness (QED) is 0.890. The van der Waals surface area contributed by atoms with Crippen molar-refractivity contribution in [1.29, 1.82) is 5.26 Å². The molecule has 7 nitrogen and oxygen atoms in total. The Morgan fingerprint density at radius 2 is 2.20 bits per heavy atom. The summed E-state index contributed by atoms with van der Waals surface area (Å²) in [5.41, 5.74) is 3.12. The normalized spacial score (nSPS) is 20.6. The molecule has 1 fully saturated rings. The summed E-state index contributed by atoms with van der Waals surface area (Å²) in [4.78, 5) is 2.11. The van der Waals surface area contributed by atoms with E-state index in [0.29, 0.717) is 37.4 Å². The van der Waals surface area contributed by atoms with Gasteiger partial charge in [-0.2, -0.15) is 15.5 Å². The largest absolute Gasteiger partial charge is 0.366 e. The van der Waals surface area contributed by atoms with E-state index in [1.54, 1.807) is 10.9 Å². The number of aromatic nitrogens is 4. The highest BCUT2D eigenvalue weighted by Crippen LogP contribution is 2.24. The van der Waals surface area contributed by atoms with Crippen molar-refractivity contribution in [3.63, 3.8) is 0 Å². The number of hydrogen-bond acceptors (Lipinski definition) is 6. The van der Waals surface area contributed by atoms with Crippen molar-refractivity contribution in [2.24, 2.45) is 7.05 Å². The average molecular weight is 343 g/mol. The maximum atomic E-state index is 13.9. The molecule has 132 valence electrons. The molecule has 1 N–H and O–H groups in total. The summed E-state index contributed by atoms with van der Waals surface area (Å²) in [5.74, 6) is 0.467. The Morgan fingerprint density at radius 1 is 1.40 bits per heavy atom. The highest BCUT2D eigenvalue weighted by Gasteiger charge is 2.32. The molecule has 2 aromatic rings. The molecule has 25 heavy (non-hydrogen) atoms. The lowest BCUT2D eigenvalue weighted by molar-refractivity contribution is 0.241. The van der Waals surface area contributed by atoms with Crippen LogP contribution in [-0.2, 0) is 13.6 Å². The van der Waals surface area contributed by atoms with E-state index in [1.807, 2.05) is 27.1 Å². The van der Waals surface area contributed by atoms with Crippen LogP contribution in [-0.4, -0.2) is 50.2 Å². The van der Waals surface area contributed by atoms with Crippen LogP contribution in [0.25, 0.3) is 0 Å². The van der Waals surface area contributed by atoms with E-state index in [4.69, 9.17) is 0 Å². The van der Waals surface area contributed by atoms with Crippen molar-refractivity contribution in [3.05, 3.63) is 34.8 Å². The molecule has 1 saturated heterocycles. The zero-order valence-corrected chi connectivity index (χ0v) is 14.7. The Hall–Kier alpha value is -2.53. The number of likely N-dealkylation sites (tertiary alicyclic amines) is 1. The van der Waals surface area contributed by atoms with Crippen LogP contribution in [0.1, 0.15) is 28.8 Å². The summed E-state index contributed by atoms with van der Waals surface area (Å²) in [6.45, 7) is 5.27. The van der Waals surface area contributed by atoms with Gasteiger partial charge in [-0.1, -0.05) is 0 Å². The first kappa shape index (κ1) is 17.3. The number of nitrogens with one attached hydrogen (secondary N) is 1. The molecular formula is C17H22FN7. The second-order valence-corrected chi connectivity index (χ2v) is 6.57. The summed E-state index contributed by atoms with van der Waals surface area (Å²) < 4.78 is 15.7. The molecule has 0 spiro atoms. The van der Waals surface area contributed by atoms with Crippen molar-refractivity contribution in [3.8, 4) is 6.07 Å². The van der Waals surface area contributed by atoms with Gasteiger partial charge in [0.15, 0.2) is 5.82 Å². The Morgan fingerprint density at radius 3 is 2.88 bits per heavy atom. The lowest BCUT2D eigenvalue weighted by Gasteiger charge is -2.24. The van der Waals surface area contributed by atoms with Crippen molar-refractivity contribution in [1.82, 2.24) is 24.9 Å². The first-order valence-corrected chi connectivity index (χ1v) is 8.31. The topological polar surface area (TPSA) is 82.7 Å². The Bertz CT molecular complexity index is 795. The second kappa shape index (κ2) is 7.15. The minimum atomic E-state index is -0.843. The fourth-order valence-electron chi connectivity index (χ4n) is 3.20. The molecule has 0 saturated carbocycles. The molecule has 0 amide bonds. The van der Waals surface area contributed by atoms with E-state index < -0.39 is 6.17 Å². The van der Waals surface area contributed by atoms with Gasteiger partial charge in [0.2, 0.25) is 0 Å². The maximum absolute atomic E-state index is 13.9. The molecule has 1 aliphatic heterocycles. The number of halogens is 1. The van der Waals surface area contributed by atoms with Crippen LogP contribution in [0.3, 0.4) is 0 Å². The van der Waals surface area contributed by atoms with Crippen LogP contribution < -0.4 is 5.32 Å². The van der Waals surface area contributed by atoms with Gasteiger partial charge in [-0.15, -0.1) is 5.10 Å². The van der Waals surface area contributed by atoms with Crippen LogP contribution in [0.5, 0.6) is 0 Å². The molecule has 3 rings (SSSR count). The number of alkyl halides is 1. The SMILES string of the molecule is Cc1nnc(NC[C@@H]2C[C@H](F)CN2Cc2cnn(C)c2)c(C#N)c1C. The molecule has 0 radical (unpaired) electrons. The number of nitrogens with zero attached hydrogens (tertiary/aromatic N) is 6. The minimum Gasteiger partial charge on any atom is -0.366 e. The molecule has 3 heterocycles. The molecular weight excluding hydrogens is 321 g/mol. The average Bonchev–Trinajstić information content (AvgIpc) is 3.14. The highest BCUT2D eigenvalue weighted by molar-refractivity contribution is 5.55. The van der Waals surface area contributed by atoms with Crippen LogP contribution in [0.4, 0.5) is 10.2 Å². The molecule has 8 heteroatoms. The number of anilines is 1. The molecule has 0 unspecified atom stereocenters. The van der Waals surface area contributed by atoms with Crippen molar-refractivity contribution in [2.45, 2.75) is 39.0 Å². The van der Waals surface area contributed by atoms with E-state index in [1.165, 1.54) is 0 Å². The lowest BCUT2D eigenvalue weighted by Crippen LogP contribution is -2.34. The van der Waals surface area contributed by atoms with E-state index >= 15 is 0 Å². The van der Waals surface area contributed by atoms with E-state index in [-0.39, 0.29) is 6.04 Å². The zero-order valence-electron chi connectivity index (χ0n) is 14.7. The van der Waals surface area contributed by atoms with Gasteiger partial charge in [0.1, 0.15) is 17.8 Å². The molecule has 0 aromatic carbocycles. The summed E-state index contributed by atoms with van der Waals surface area (Å²) in [5, 5.41) is 24.9. The Balaban J connectivity index is 1.69. The fraction of sp³-hybridized carbons (Fsp3) is 0.529. The van der Waals surface area contributed by atoms with Crippen LogP contribution in [0.15, 0.2) is 12.4 Å². The van der Waals surface area contributed by atoms with Crippen LogP contribution in [0.2, 0.25) is 0 Å². The van der Waals surface area contributed by atoms with Gasteiger partial charge >= 0.3 is 0 Å². The number of nitriles is 1. The molecule has 0 bridgehead atoms. The Kier molecular flexibility index (Phi) is 4.95. The smallest absolute Gasteiger partial charge is 0.166 e. The van der Waals surface area contributed by atoms with Gasteiger partial charge in [0, 0.05) is 44.5 Å². The van der Waals surface area contributed by atoms with Gasteiger partial charge in [-0.25, -0.2) is 4.39 Å². The van der Waals surface area contributed by atoms with Crippen molar-refractivity contribution < 1.29 is 4.39 Å². The summed E-state index contributed by atoms with van der Waals surface area (Å²) in [6.07, 6.45) is 3.37. The fourth-order valence-corrected chi connectivity index (χ4v) is 3.20. The first-order valence-electron chi connectivity index (χ1n) is 8.31. The molecule has 2 aromatic heterocycles. The monoisotopic (exact) mass is 343 g/mol. The third-order valence-electron chi connectivity index (χ3n) is 4.69. The van der Waals surface area contributed by atoms with E-state index in [9.17, 15) is 9.65 Å². The van der Waals surface area contributed by atoms with Crippen molar-refractivity contribution >= 4 is 5.82 Å². The standard InChI is InChI=1S/C17H22FN7/c1-11-12(2)22-23-17(16(11)5-19)20-7-15-4-14(18)10-25(15)9-13-6-21-24(3)8-13/h6,8,14-15H,4,7,9-10H2,1-3H3,(H,20,23)/t14-,15-/m0/s1. The van der Waals surface area contributed by atoms with Gasteiger partial charge in [0.25, 0.3) is 0 Å². The zero-order chi connectivity index (χ0) is 18.0. The highest BCUT2D eigenvalue weighted by atomic mass is 19.1. The van der Waals surface area contributed by atoms with Gasteiger partial charge in [-0.05, 0) is 25.8 Å². The van der Waals surface area contributed by atoms with Crippen molar-refractivity contribution in [2.75, 3.05) is 18.4 Å². The first-order chi connectivity index (χ1) is 12.0. The van der Waals surface area contributed by atoms with E-state index in [2.05, 4.69) is 31.6 Å². The lowest BCUT2D eigenvalue weighted by atomic mass is 10.1. The maximum Gasteiger partial charge on any atom is 0.166 e. The summed E-state index contributed by atoms with van der Waals surface area (Å²) in [7, 11) is 1.87. The number of rotatable bonds is 5.